The highest BCUT2D eigenvalue weighted by atomic mass is 35.5. The number of para-hydroxylation sites is 1. The predicted octanol–water partition coefficient (Wildman–Crippen LogP) is 4.25. The average molecular weight is 487 g/mol. The molecule has 0 saturated heterocycles. The van der Waals surface area contributed by atoms with Gasteiger partial charge in [0, 0.05) is 30.2 Å². The second kappa shape index (κ2) is 8.99. The maximum absolute atomic E-state index is 14.4. The van der Waals surface area contributed by atoms with Crippen molar-refractivity contribution in [3.63, 3.8) is 0 Å². The topological polar surface area (TPSA) is 112 Å². The molecular weight excluding hydrogens is 470 g/mol. The van der Waals surface area contributed by atoms with E-state index in [1.165, 1.54) is 43.4 Å². The number of aromatic hydroxyl groups is 3. The van der Waals surface area contributed by atoms with Gasteiger partial charge in [0.2, 0.25) is 0 Å². The molecule has 0 aliphatic heterocycles. The zero-order valence-corrected chi connectivity index (χ0v) is 18.3. The lowest BCUT2D eigenvalue weighted by Gasteiger charge is -2.20. The largest absolute Gasteiger partial charge is 0.507 e. The number of halogens is 3. The summed E-state index contributed by atoms with van der Waals surface area (Å²) in [6, 6.07) is 11.0. The minimum Gasteiger partial charge on any atom is -0.507 e. The van der Waals surface area contributed by atoms with Gasteiger partial charge in [0.1, 0.15) is 23.1 Å². The van der Waals surface area contributed by atoms with Crippen LogP contribution >= 0.6 is 11.6 Å². The molecule has 0 bridgehead atoms. The number of aromatic nitrogens is 3. The number of nitrogens with zero attached hydrogens (tertiary/aromatic N) is 4. The molecule has 0 aliphatic carbocycles. The zero-order valence-electron chi connectivity index (χ0n) is 17.6. The van der Waals surface area contributed by atoms with Crippen molar-refractivity contribution in [1.82, 2.24) is 19.7 Å². The Bertz CT molecular complexity index is 1390. The molecule has 1 heterocycles. The van der Waals surface area contributed by atoms with Crippen LogP contribution in [0, 0.1) is 11.6 Å². The van der Waals surface area contributed by atoms with Gasteiger partial charge in [0.05, 0.1) is 16.8 Å². The smallest absolute Gasteiger partial charge is 0.319 e. The van der Waals surface area contributed by atoms with Crippen molar-refractivity contribution in [2.75, 3.05) is 7.05 Å². The van der Waals surface area contributed by atoms with Gasteiger partial charge in [0.25, 0.3) is 5.91 Å². The SMILES string of the molecule is CN(Cc1c(F)cccc1Cl)C(=O)c1cc(-c2nnc(O)n2-c2ccccc2F)c(O)cc1O. The second-order valence-corrected chi connectivity index (χ2v) is 7.77. The first kappa shape index (κ1) is 23.0. The third-order valence-corrected chi connectivity index (χ3v) is 5.48. The van der Waals surface area contributed by atoms with E-state index < -0.39 is 35.1 Å². The molecular formula is C23H17ClF2N4O4. The fourth-order valence-electron chi connectivity index (χ4n) is 3.43. The quantitative estimate of drug-likeness (QED) is 0.389. The summed E-state index contributed by atoms with van der Waals surface area (Å²) in [5.41, 5.74) is -0.394. The van der Waals surface area contributed by atoms with Crippen molar-refractivity contribution >= 4 is 17.5 Å². The van der Waals surface area contributed by atoms with Gasteiger partial charge >= 0.3 is 6.01 Å². The van der Waals surface area contributed by atoms with E-state index in [-0.39, 0.29) is 39.8 Å². The number of rotatable bonds is 5. The van der Waals surface area contributed by atoms with Crippen LogP contribution < -0.4 is 0 Å². The van der Waals surface area contributed by atoms with Crippen molar-refractivity contribution in [3.05, 3.63) is 82.4 Å². The van der Waals surface area contributed by atoms with Crippen molar-refractivity contribution in [2.24, 2.45) is 0 Å². The highest BCUT2D eigenvalue weighted by molar-refractivity contribution is 6.31. The van der Waals surface area contributed by atoms with Gasteiger partial charge in [-0.05, 0) is 30.3 Å². The third-order valence-electron chi connectivity index (χ3n) is 5.13. The maximum atomic E-state index is 14.4. The van der Waals surface area contributed by atoms with Gasteiger partial charge in [0.15, 0.2) is 5.82 Å². The van der Waals surface area contributed by atoms with E-state index in [1.807, 2.05) is 0 Å². The van der Waals surface area contributed by atoms with Crippen molar-refractivity contribution in [3.8, 4) is 34.6 Å². The predicted molar refractivity (Wildman–Crippen MR) is 119 cm³/mol. The van der Waals surface area contributed by atoms with E-state index in [4.69, 9.17) is 11.6 Å². The summed E-state index contributed by atoms with van der Waals surface area (Å²) in [5, 5.41) is 38.4. The first-order valence-electron chi connectivity index (χ1n) is 9.83. The number of hydrogen-bond donors (Lipinski definition) is 3. The van der Waals surface area contributed by atoms with Crippen molar-refractivity contribution < 1.29 is 28.9 Å². The van der Waals surface area contributed by atoms with E-state index in [2.05, 4.69) is 10.2 Å². The summed E-state index contributed by atoms with van der Waals surface area (Å²) in [4.78, 5) is 14.2. The first-order chi connectivity index (χ1) is 16.2. The molecule has 3 aromatic carbocycles. The summed E-state index contributed by atoms with van der Waals surface area (Å²) in [5.74, 6) is -3.27. The Morgan fingerprint density at radius 2 is 1.71 bits per heavy atom. The molecule has 174 valence electrons. The average Bonchev–Trinajstić information content (AvgIpc) is 3.17. The number of carbonyl (C=O) groups is 1. The molecule has 0 atom stereocenters. The number of carbonyl (C=O) groups excluding carboxylic acids is 1. The summed E-state index contributed by atoms with van der Waals surface area (Å²) in [7, 11) is 1.38. The van der Waals surface area contributed by atoms with E-state index in [0.29, 0.717) is 0 Å². The van der Waals surface area contributed by atoms with Gasteiger partial charge in [-0.1, -0.05) is 34.9 Å². The molecule has 11 heteroatoms. The molecule has 8 nitrogen and oxygen atoms in total. The highest BCUT2D eigenvalue weighted by Crippen LogP contribution is 2.37. The van der Waals surface area contributed by atoms with Crippen molar-refractivity contribution in [2.45, 2.75) is 6.54 Å². The molecule has 1 amide bonds. The van der Waals surface area contributed by atoms with Crippen LogP contribution in [0.5, 0.6) is 17.5 Å². The third kappa shape index (κ3) is 4.11. The number of phenols is 2. The van der Waals surface area contributed by atoms with E-state index >= 15 is 0 Å². The maximum Gasteiger partial charge on any atom is 0.319 e. The Morgan fingerprint density at radius 3 is 2.41 bits per heavy atom. The zero-order chi connectivity index (χ0) is 24.6. The molecule has 0 spiro atoms. The molecule has 0 aliphatic rings. The number of benzene rings is 3. The van der Waals surface area contributed by atoms with Gasteiger partial charge < -0.3 is 20.2 Å². The fraction of sp³-hybridized carbons (Fsp3) is 0.0870. The van der Waals surface area contributed by atoms with E-state index in [0.717, 1.165) is 27.7 Å². The summed E-state index contributed by atoms with van der Waals surface area (Å²) in [6.45, 7) is -0.202. The Kier molecular flexibility index (Phi) is 6.08. The van der Waals surface area contributed by atoms with Crippen LogP contribution in [0.4, 0.5) is 8.78 Å². The molecule has 0 unspecified atom stereocenters. The molecule has 34 heavy (non-hydrogen) atoms. The lowest BCUT2D eigenvalue weighted by atomic mass is 10.1. The first-order valence-corrected chi connectivity index (χ1v) is 10.2. The molecule has 1 aromatic heterocycles. The fourth-order valence-corrected chi connectivity index (χ4v) is 3.65. The Balaban J connectivity index is 1.76. The molecule has 4 rings (SSSR count). The monoisotopic (exact) mass is 486 g/mol. The van der Waals surface area contributed by atoms with E-state index in [1.54, 1.807) is 0 Å². The number of amides is 1. The van der Waals surface area contributed by atoms with E-state index in [9.17, 15) is 28.9 Å². The minimum absolute atomic E-state index is 0.0859. The van der Waals surface area contributed by atoms with Gasteiger partial charge in [-0.2, -0.15) is 0 Å². The van der Waals surface area contributed by atoms with Crippen LogP contribution in [-0.2, 0) is 6.54 Å². The summed E-state index contributed by atoms with van der Waals surface area (Å²) >= 11 is 6.04. The summed E-state index contributed by atoms with van der Waals surface area (Å²) in [6.07, 6.45) is 0. The molecule has 0 radical (unpaired) electrons. The van der Waals surface area contributed by atoms with Gasteiger partial charge in [-0.25, -0.2) is 13.3 Å². The van der Waals surface area contributed by atoms with Crippen LogP contribution in [0.15, 0.2) is 54.6 Å². The van der Waals surface area contributed by atoms with Crippen LogP contribution in [0.1, 0.15) is 15.9 Å². The molecule has 0 saturated carbocycles. The Labute approximate surface area is 196 Å². The standard InChI is InChI=1S/C23H17ClF2N4O4/c1-29(11-14-15(24)5-4-7-16(14)25)22(33)13-9-12(19(31)10-20(13)32)21-27-28-23(34)30(21)18-8-3-2-6-17(18)26/h2-10,31-32H,11H2,1H3,(H,28,34). The van der Waals surface area contributed by atoms with Gasteiger partial charge in [-0.3, -0.25) is 4.79 Å². The Hall–Kier alpha value is -4.18. The van der Waals surface area contributed by atoms with Crippen LogP contribution in [0.3, 0.4) is 0 Å². The molecule has 4 aromatic rings. The highest BCUT2D eigenvalue weighted by Gasteiger charge is 2.25. The minimum atomic E-state index is -0.723. The number of phenolic OH excluding ortho intramolecular Hbond substituents is 2. The van der Waals surface area contributed by atoms with Crippen LogP contribution in [0.2, 0.25) is 5.02 Å². The Morgan fingerprint density at radius 1 is 1.00 bits per heavy atom. The van der Waals surface area contributed by atoms with Crippen LogP contribution in [-0.4, -0.2) is 47.9 Å². The second-order valence-electron chi connectivity index (χ2n) is 7.36. The van der Waals surface area contributed by atoms with Gasteiger partial charge in [-0.15, -0.1) is 5.10 Å². The molecule has 0 fully saturated rings. The van der Waals surface area contributed by atoms with Crippen LogP contribution in [0.25, 0.3) is 17.1 Å². The normalized spacial score (nSPS) is 10.9. The lowest BCUT2D eigenvalue weighted by molar-refractivity contribution is 0.0781. The lowest BCUT2D eigenvalue weighted by Crippen LogP contribution is -2.27. The number of hydrogen-bond acceptors (Lipinski definition) is 6. The molecule has 3 N–H and O–H groups in total. The summed E-state index contributed by atoms with van der Waals surface area (Å²) < 4.78 is 29.5. The van der Waals surface area contributed by atoms with Crippen molar-refractivity contribution in [1.29, 1.82) is 0 Å².